The first-order valence-electron chi connectivity index (χ1n) is 16.7. The van der Waals surface area contributed by atoms with E-state index in [1.807, 2.05) is 0 Å². The lowest BCUT2D eigenvalue weighted by molar-refractivity contribution is 1.35. The van der Waals surface area contributed by atoms with E-state index >= 15 is 0 Å². The van der Waals surface area contributed by atoms with Crippen LogP contribution in [0.5, 0.6) is 0 Å². The van der Waals surface area contributed by atoms with Crippen LogP contribution in [0.3, 0.4) is 0 Å². The van der Waals surface area contributed by atoms with Crippen molar-refractivity contribution in [3.8, 4) is 55.6 Å². The minimum absolute atomic E-state index is 0.0382. The first kappa shape index (κ1) is 27.0. The van der Waals surface area contributed by atoms with Gasteiger partial charge in [-0.05, 0) is 90.5 Å². The molecule has 0 unspecified atom stereocenters. The van der Waals surface area contributed by atoms with Gasteiger partial charge in [-0.25, -0.2) is 0 Å². The minimum Gasteiger partial charge on any atom is -0.376 e. The molecule has 2 heteroatoms. The van der Waals surface area contributed by atoms with Crippen LogP contribution in [-0.2, 0) is 0 Å². The van der Waals surface area contributed by atoms with Crippen LogP contribution in [0.25, 0.3) is 66.4 Å². The van der Waals surface area contributed by atoms with Crippen LogP contribution in [-0.4, -0.2) is 6.85 Å². The van der Waals surface area contributed by atoms with E-state index in [9.17, 15) is 0 Å². The van der Waals surface area contributed by atoms with Gasteiger partial charge >= 0.3 is 6.85 Å². The molecule has 10 rings (SSSR count). The first-order valence-corrected chi connectivity index (χ1v) is 16.7. The summed E-state index contributed by atoms with van der Waals surface area (Å²) in [5, 5.41) is 2.54. The molecule has 0 spiro atoms. The zero-order valence-corrected chi connectivity index (χ0v) is 26.3. The maximum absolute atomic E-state index is 2.60. The molecule has 0 radical (unpaired) electrons. The van der Waals surface area contributed by atoms with E-state index in [2.05, 4.69) is 187 Å². The average Bonchev–Trinajstić information content (AvgIpc) is 3.17. The SMILES string of the molecule is c1ccc(-c2ccc3c(c2)-c2ccccc2B2c4cc(-c5cccc6ccccc56)ccc4-c4cc(-c5ccccc5)ccc4N23)cc1. The van der Waals surface area contributed by atoms with Crippen LogP contribution in [0.1, 0.15) is 0 Å². The van der Waals surface area contributed by atoms with Crippen molar-refractivity contribution in [3.05, 3.63) is 182 Å². The summed E-state index contributed by atoms with van der Waals surface area (Å²) in [6, 6.07) is 67.1. The van der Waals surface area contributed by atoms with Crippen molar-refractivity contribution in [3.63, 3.8) is 0 Å². The van der Waals surface area contributed by atoms with E-state index in [0.717, 1.165) is 0 Å². The number of benzene rings is 8. The Morgan fingerprint density at radius 3 is 1.56 bits per heavy atom. The summed E-state index contributed by atoms with van der Waals surface area (Å²) >= 11 is 0. The Morgan fingerprint density at radius 2 is 0.854 bits per heavy atom. The highest BCUT2D eigenvalue weighted by Crippen LogP contribution is 2.48. The topological polar surface area (TPSA) is 3.24 Å². The smallest absolute Gasteiger partial charge is 0.329 e. The van der Waals surface area contributed by atoms with Gasteiger partial charge in [-0.2, -0.15) is 0 Å². The van der Waals surface area contributed by atoms with Crippen molar-refractivity contribution in [2.45, 2.75) is 0 Å². The largest absolute Gasteiger partial charge is 0.376 e. The molecule has 0 bridgehead atoms. The number of nitrogens with zero attached hydrogens (tertiary/aromatic N) is 1. The van der Waals surface area contributed by atoms with Crippen LogP contribution < -0.4 is 15.7 Å². The van der Waals surface area contributed by atoms with Gasteiger partial charge in [0.1, 0.15) is 0 Å². The van der Waals surface area contributed by atoms with Gasteiger partial charge in [0.05, 0.1) is 0 Å². The van der Waals surface area contributed by atoms with Crippen LogP contribution in [0.4, 0.5) is 11.4 Å². The number of fused-ring (bicyclic) bond motifs is 12. The van der Waals surface area contributed by atoms with Gasteiger partial charge in [-0.15, -0.1) is 0 Å². The molecule has 8 aromatic rings. The fraction of sp³-hybridized carbons (Fsp3) is 0. The summed E-state index contributed by atoms with van der Waals surface area (Å²) < 4.78 is 0. The molecular weight excluding hydrogens is 577 g/mol. The molecule has 2 aliphatic rings. The maximum Gasteiger partial charge on any atom is 0.329 e. The third-order valence-electron chi connectivity index (χ3n) is 10.3. The molecule has 2 aliphatic heterocycles. The quantitative estimate of drug-likeness (QED) is 0.181. The zero-order chi connectivity index (χ0) is 31.6. The van der Waals surface area contributed by atoms with E-state index < -0.39 is 0 Å². The van der Waals surface area contributed by atoms with Gasteiger partial charge in [0.15, 0.2) is 0 Å². The maximum atomic E-state index is 2.60. The van der Waals surface area contributed by atoms with Crippen LogP contribution in [0, 0.1) is 0 Å². The standard InChI is InChI=1S/C46H30BN/c1-3-12-31(13-4-1)34-23-26-45-41(28-34)39-19-9-10-21-43(39)47-44-30-36(38-20-11-17-33-16-7-8-18-37(33)38)22-25-40(44)42-29-35(24-27-46(42)48(45)47)32-14-5-2-6-15-32/h1-30H. The second-order valence-corrected chi connectivity index (χ2v) is 12.9. The van der Waals surface area contributed by atoms with Crippen molar-refractivity contribution in [1.82, 2.24) is 0 Å². The lowest BCUT2D eigenvalue weighted by Gasteiger charge is -2.43. The summed E-state index contributed by atoms with van der Waals surface area (Å²) in [6.45, 7) is 0.0382. The van der Waals surface area contributed by atoms with Crippen molar-refractivity contribution < 1.29 is 0 Å². The van der Waals surface area contributed by atoms with Gasteiger partial charge in [0, 0.05) is 22.5 Å². The van der Waals surface area contributed by atoms with Gasteiger partial charge in [0.2, 0.25) is 0 Å². The third-order valence-corrected chi connectivity index (χ3v) is 10.3. The molecule has 0 amide bonds. The monoisotopic (exact) mass is 607 g/mol. The van der Waals surface area contributed by atoms with Gasteiger partial charge in [-0.3, -0.25) is 0 Å². The Balaban J connectivity index is 1.25. The molecule has 1 nitrogen and oxygen atoms in total. The fourth-order valence-electron chi connectivity index (χ4n) is 8.06. The molecule has 0 saturated heterocycles. The van der Waals surface area contributed by atoms with Crippen molar-refractivity contribution in [2.24, 2.45) is 0 Å². The predicted octanol–water partition coefficient (Wildman–Crippen LogP) is 10.7. The summed E-state index contributed by atoms with van der Waals surface area (Å²) in [6.07, 6.45) is 0. The minimum atomic E-state index is 0.0382. The molecule has 0 fully saturated rings. The van der Waals surface area contributed by atoms with E-state index in [4.69, 9.17) is 0 Å². The van der Waals surface area contributed by atoms with Crippen molar-refractivity contribution in [1.29, 1.82) is 0 Å². The zero-order valence-electron chi connectivity index (χ0n) is 26.3. The second-order valence-electron chi connectivity index (χ2n) is 12.9. The van der Waals surface area contributed by atoms with Crippen molar-refractivity contribution in [2.75, 3.05) is 4.81 Å². The highest BCUT2D eigenvalue weighted by atomic mass is 15.1. The number of rotatable bonds is 3. The number of hydrogen-bond donors (Lipinski definition) is 0. The first-order chi connectivity index (χ1) is 23.8. The van der Waals surface area contributed by atoms with Crippen LogP contribution in [0.15, 0.2) is 182 Å². The van der Waals surface area contributed by atoms with E-state index in [-0.39, 0.29) is 6.85 Å². The normalized spacial score (nSPS) is 12.5. The average molecular weight is 608 g/mol. The van der Waals surface area contributed by atoms with E-state index in [1.54, 1.807) is 0 Å². The Bertz CT molecular complexity index is 2510. The molecule has 2 heterocycles. The molecule has 0 N–H and O–H groups in total. The summed E-state index contributed by atoms with van der Waals surface area (Å²) in [5.41, 5.74) is 17.7. The lowest BCUT2D eigenvalue weighted by atomic mass is 9.43. The Morgan fingerprint density at radius 1 is 0.312 bits per heavy atom. The second kappa shape index (κ2) is 10.7. The third kappa shape index (κ3) is 4.13. The van der Waals surface area contributed by atoms with Gasteiger partial charge in [0.25, 0.3) is 0 Å². The van der Waals surface area contributed by atoms with Crippen molar-refractivity contribution >= 4 is 39.9 Å². The molecule has 48 heavy (non-hydrogen) atoms. The van der Waals surface area contributed by atoms with Crippen LogP contribution >= 0.6 is 0 Å². The number of hydrogen-bond acceptors (Lipinski definition) is 1. The summed E-state index contributed by atoms with van der Waals surface area (Å²) in [5.74, 6) is 0. The van der Waals surface area contributed by atoms with Gasteiger partial charge in [-0.1, -0.05) is 158 Å². The lowest BCUT2D eigenvalue weighted by Crippen LogP contribution is -2.59. The van der Waals surface area contributed by atoms with E-state index in [0.29, 0.717) is 0 Å². The summed E-state index contributed by atoms with van der Waals surface area (Å²) in [4.78, 5) is 2.60. The molecule has 0 atom stereocenters. The molecule has 0 saturated carbocycles. The fourth-order valence-corrected chi connectivity index (χ4v) is 8.06. The number of anilines is 2. The predicted molar refractivity (Wildman–Crippen MR) is 205 cm³/mol. The molecule has 222 valence electrons. The van der Waals surface area contributed by atoms with E-state index in [1.165, 1.54) is 88.7 Å². The Hall–Kier alpha value is -6.12. The Labute approximate surface area is 281 Å². The highest BCUT2D eigenvalue weighted by molar-refractivity contribution is 6.92. The molecular formula is C46H30BN. The molecule has 0 aromatic heterocycles. The highest BCUT2D eigenvalue weighted by Gasteiger charge is 2.42. The Kier molecular flexibility index (Phi) is 6.04. The van der Waals surface area contributed by atoms with Gasteiger partial charge < -0.3 is 4.81 Å². The summed E-state index contributed by atoms with van der Waals surface area (Å²) in [7, 11) is 0. The molecule has 0 aliphatic carbocycles. The van der Waals surface area contributed by atoms with Crippen LogP contribution in [0.2, 0.25) is 0 Å². The molecule has 8 aromatic carbocycles.